The molecule has 0 spiro atoms. The lowest BCUT2D eigenvalue weighted by molar-refractivity contribution is -0.115. The Morgan fingerprint density at radius 2 is 1.96 bits per heavy atom. The van der Waals surface area contributed by atoms with Gasteiger partial charge in [0.05, 0.1) is 13.2 Å². The van der Waals surface area contributed by atoms with Crippen LogP contribution in [0.1, 0.15) is 20.3 Å². The lowest BCUT2D eigenvalue weighted by atomic mass is 10.3. The minimum Gasteiger partial charge on any atom is -0.493 e. The smallest absolute Gasteiger partial charge is 0.270 e. The van der Waals surface area contributed by atoms with Crippen LogP contribution in [-0.4, -0.2) is 44.3 Å². The van der Waals surface area contributed by atoms with Crippen LogP contribution in [0.5, 0.6) is 11.5 Å². The minimum absolute atomic E-state index is 0.0951. The van der Waals surface area contributed by atoms with Crippen LogP contribution in [0.4, 0.5) is 5.13 Å². The summed E-state index contributed by atoms with van der Waals surface area (Å²) in [7, 11) is -2.34. The number of hydrogen-bond acceptors (Lipinski definition) is 8. The Bertz CT molecular complexity index is 853. The van der Waals surface area contributed by atoms with Crippen LogP contribution >= 0.6 is 11.3 Å². The van der Waals surface area contributed by atoms with Gasteiger partial charge in [0.15, 0.2) is 11.5 Å². The highest BCUT2D eigenvalue weighted by Crippen LogP contribution is 2.26. The van der Waals surface area contributed by atoms with E-state index in [2.05, 4.69) is 20.2 Å². The standard InChI is InChI=1S/C15H20N4O5S2/c1-4-13(20)16-14-17-18-15(25-14)26(21,22)19-10(2)9-24-12-8-6-5-7-11(12)23-3/h5-8,10,19H,4,9H2,1-3H3,(H,16,17,20)/t10-/m1/s1. The molecule has 0 radical (unpaired) electrons. The maximum absolute atomic E-state index is 12.3. The highest BCUT2D eigenvalue weighted by Gasteiger charge is 2.23. The second kappa shape index (κ2) is 8.92. The number of sulfonamides is 1. The molecule has 0 aliphatic rings. The molecule has 142 valence electrons. The number of benzene rings is 1. The van der Waals surface area contributed by atoms with Gasteiger partial charge < -0.3 is 14.8 Å². The van der Waals surface area contributed by atoms with E-state index < -0.39 is 16.1 Å². The van der Waals surface area contributed by atoms with E-state index in [9.17, 15) is 13.2 Å². The largest absolute Gasteiger partial charge is 0.493 e. The topological polar surface area (TPSA) is 120 Å². The Morgan fingerprint density at radius 1 is 1.27 bits per heavy atom. The molecule has 1 aromatic heterocycles. The number of carbonyl (C=O) groups is 1. The molecule has 1 atom stereocenters. The fourth-order valence-electron chi connectivity index (χ4n) is 1.88. The van der Waals surface area contributed by atoms with Crippen molar-refractivity contribution in [2.75, 3.05) is 19.0 Å². The predicted molar refractivity (Wildman–Crippen MR) is 97.1 cm³/mol. The van der Waals surface area contributed by atoms with Gasteiger partial charge in [-0.2, -0.15) is 0 Å². The fourth-order valence-corrected chi connectivity index (χ4v) is 4.04. The Balaban J connectivity index is 1.97. The molecular formula is C15H20N4O5S2. The summed E-state index contributed by atoms with van der Waals surface area (Å²) in [5.74, 6) is 0.807. The number of amides is 1. The first-order valence-electron chi connectivity index (χ1n) is 7.77. The summed E-state index contributed by atoms with van der Waals surface area (Å²) in [5.41, 5.74) is 0. The molecule has 0 fully saturated rings. The molecule has 0 saturated heterocycles. The van der Waals surface area contributed by atoms with E-state index in [1.54, 1.807) is 32.0 Å². The molecule has 11 heteroatoms. The SMILES string of the molecule is CCC(=O)Nc1nnc(S(=O)(=O)N[C@H](C)COc2ccccc2OC)s1. The molecule has 26 heavy (non-hydrogen) atoms. The number of methoxy groups -OCH3 is 1. The normalized spacial score (nSPS) is 12.4. The Morgan fingerprint density at radius 3 is 2.62 bits per heavy atom. The average molecular weight is 400 g/mol. The second-order valence-electron chi connectivity index (χ2n) is 5.26. The van der Waals surface area contributed by atoms with Crippen molar-refractivity contribution in [1.82, 2.24) is 14.9 Å². The molecule has 0 aliphatic heterocycles. The summed E-state index contributed by atoms with van der Waals surface area (Å²) in [6.07, 6.45) is 0.261. The first-order chi connectivity index (χ1) is 12.4. The van der Waals surface area contributed by atoms with Crippen molar-refractivity contribution in [3.8, 4) is 11.5 Å². The van der Waals surface area contributed by atoms with Crippen LogP contribution in [0.2, 0.25) is 0 Å². The number of para-hydroxylation sites is 2. The molecule has 0 unspecified atom stereocenters. The quantitative estimate of drug-likeness (QED) is 0.614. The Hall–Kier alpha value is -2.24. The molecule has 0 bridgehead atoms. The van der Waals surface area contributed by atoms with Crippen molar-refractivity contribution in [3.05, 3.63) is 24.3 Å². The van der Waals surface area contributed by atoms with Crippen molar-refractivity contribution >= 4 is 32.4 Å². The Labute approximate surface area is 155 Å². The van der Waals surface area contributed by atoms with Crippen LogP contribution in [0.15, 0.2) is 28.6 Å². The third kappa shape index (κ3) is 5.38. The summed E-state index contributed by atoms with van der Waals surface area (Å²) in [6, 6.07) is 6.55. The van der Waals surface area contributed by atoms with E-state index in [0.717, 1.165) is 11.3 Å². The van der Waals surface area contributed by atoms with Crippen molar-refractivity contribution in [2.24, 2.45) is 0 Å². The molecule has 1 heterocycles. The first-order valence-corrected chi connectivity index (χ1v) is 10.1. The zero-order valence-electron chi connectivity index (χ0n) is 14.6. The molecule has 2 N–H and O–H groups in total. The van der Waals surface area contributed by atoms with Gasteiger partial charge >= 0.3 is 0 Å². The van der Waals surface area contributed by atoms with Gasteiger partial charge in [-0.05, 0) is 19.1 Å². The van der Waals surface area contributed by atoms with E-state index in [4.69, 9.17) is 9.47 Å². The molecule has 1 amide bonds. The zero-order valence-corrected chi connectivity index (χ0v) is 16.2. The highest BCUT2D eigenvalue weighted by atomic mass is 32.2. The average Bonchev–Trinajstić information content (AvgIpc) is 3.09. The summed E-state index contributed by atoms with van der Waals surface area (Å²) in [4.78, 5) is 11.3. The number of aromatic nitrogens is 2. The number of nitrogens with one attached hydrogen (secondary N) is 2. The maximum Gasteiger partial charge on any atom is 0.270 e. The number of anilines is 1. The molecule has 9 nitrogen and oxygen atoms in total. The third-order valence-electron chi connectivity index (χ3n) is 3.12. The van der Waals surface area contributed by atoms with Crippen LogP contribution in [0, 0.1) is 0 Å². The molecule has 0 aliphatic carbocycles. The van der Waals surface area contributed by atoms with Crippen LogP contribution in [0.25, 0.3) is 0 Å². The number of nitrogens with zero attached hydrogens (tertiary/aromatic N) is 2. The number of hydrogen-bond donors (Lipinski definition) is 2. The molecule has 2 aromatic rings. The van der Waals surface area contributed by atoms with Crippen LogP contribution in [0.3, 0.4) is 0 Å². The van der Waals surface area contributed by atoms with Gasteiger partial charge in [-0.25, -0.2) is 13.1 Å². The number of carbonyl (C=O) groups excluding carboxylic acids is 1. The van der Waals surface area contributed by atoms with Crippen molar-refractivity contribution in [1.29, 1.82) is 0 Å². The van der Waals surface area contributed by atoms with Crippen LogP contribution < -0.4 is 19.5 Å². The first kappa shape index (κ1) is 20.1. The van der Waals surface area contributed by atoms with Gasteiger partial charge in [-0.3, -0.25) is 4.79 Å². The summed E-state index contributed by atoms with van der Waals surface area (Å²) in [5, 5.41) is 9.89. The highest BCUT2D eigenvalue weighted by molar-refractivity contribution is 7.91. The summed E-state index contributed by atoms with van der Waals surface area (Å²) < 4.78 is 37.7. The molecule has 2 rings (SSSR count). The van der Waals surface area contributed by atoms with E-state index in [-0.39, 0.29) is 28.4 Å². The third-order valence-corrected chi connectivity index (χ3v) is 5.91. The number of ether oxygens (including phenoxy) is 2. The summed E-state index contributed by atoms with van der Waals surface area (Å²) in [6.45, 7) is 3.44. The van der Waals surface area contributed by atoms with Crippen molar-refractivity contribution < 1.29 is 22.7 Å². The minimum atomic E-state index is -3.87. The number of rotatable bonds is 9. The Kier molecular flexibility index (Phi) is 6.89. The second-order valence-corrected chi connectivity index (χ2v) is 8.12. The van der Waals surface area contributed by atoms with Gasteiger partial charge in [0.25, 0.3) is 10.0 Å². The molecule has 1 aromatic carbocycles. The maximum atomic E-state index is 12.3. The van der Waals surface area contributed by atoms with Gasteiger partial charge in [-0.1, -0.05) is 30.4 Å². The summed E-state index contributed by atoms with van der Waals surface area (Å²) >= 11 is 0.781. The van der Waals surface area contributed by atoms with Gasteiger partial charge in [0.1, 0.15) is 6.61 Å². The van der Waals surface area contributed by atoms with Crippen LogP contribution in [-0.2, 0) is 14.8 Å². The van der Waals surface area contributed by atoms with Gasteiger partial charge in [-0.15, -0.1) is 10.2 Å². The molecule has 0 saturated carbocycles. The van der Waals surface area contributed by atoms with E-state index in [1.165, 1.54) is 7.11 Å². The lowest BCUT2D eigenvalue weighted by Crippen LogP contribution is -2.36. The molecular weight excluding hydrogens is 380 g/mol. The fraction of sp³-hybridized carbons (Fsp3) is 0.400. The van der Waals surface area contributed by atoms with Crippen molar-refractivity contribution in [2.45, 2.75) is 30.6 Å². The van der Waals surface area contributed by atoms with E-state index >= 15 is 0 Å². The van der Waals surface area contributed by atoms with Crippen molar-refractivity contribution in [3.63, 3.8) is 0 Å². The van der Waals surface area contributed by atoms with E-state index in [1.807, 2.05) is 6.07 Å². The van der Waals surface area contributed by atoms with Gasteiger partial charge in [0.2, 0.25) is 15.4 Å². The van der Waals surface area contributed by atoms with E-state index in [0.29, 0.717) is 11.5 Å². The monoisotopic (exact) mass is 400 g/mol. The zero-order chi connectivity index (χ0) is 19.2. The predicted octanol–water partition coefficient (Wildman–Crippen LogP) is 1.64. The van der Waals surface area contributed by atoms with Gasteiger partial charge in [0, 0.05) is 6.42 Å². The lowest BCUT2D eigenvalue weighted by Gasteiger charge is -2.15.